The zero-order chi connectivity index (χ0) is 12.7. The Morgan fingerprint density at radius 3 is 2.65 bits per heavy atom. The molecule has 0 saturated heterocycles. The van der Waals surface area contributed by atoms with Crippen LogP contribution >= 0.6 is 0 Å². The van der Waals surface area contributed by atoms with Crippen molar-refractivity contribution < 1.29 is 8.42 Å². The number of unbranched alkanes of at least 4 members (excludes halogenated alkanes) is 3. The molecule has 1 radical (unpaired) electrons. The second-order valence-electron chi connectivity index (χ2n) is 4.11. The first kappa shape index (κ1) is 14.2. The maximum Gasteiger partial charge on any atom is 0.240 e. The summed E-state index contributed by atoms with van der Waals surface area (Å²) in [5.41, 5.74) is 0.707. The lowest BCUT2D eigenvalue weighted by atomic mass is 10.2. The number of hydrogen-bond donors (Lipinski definition) is 1. The molecule has 0 unspecified atom stereocenters. The van der Waals surface area contributed by atoms with Gasteiger partial charge in [-0.2, -0.15) is 0 Å². The molecule has 0 bridgehead atoms. The normalized spacial score (nSPS) is 11.6. The van der Waals surface area contributed by atoms with E-state index in [1.807, 2.05) is 0 Å². The molecule has 1 rings (SSSR count). The minimum Gasteiger partial charge on any atom is -0.211 e. The quantitative estimate of drug-likeness (QED) is 0.760. The van der Waals surface area contributed by atoms with E-state index in [0.29, 0.717) is 17.0 Å². The highest BCUT2D eigenvalue weighted by Gasteiger charge is 2.12. The standard InChI is InChI=1S/C13H20NO2S/c1-3-4-5-6-10-14-17(15,16)13-9-7-8-12(2)11-13/h7-9,11,14H,2-6,10H2,1H3. The topological polar surface area (TPSA) is 46.2 Å². The summed E-state index contributed by atoms with van der Waals surface area (Å²) in [5, 5.41) is 0. The van der Waals surface area contributed by atoms with Crippen molar-refractivity contribution in [3.63, 3.8) is 0 Å². The van der Waals surface area contributed by atoms with Gasteiger partial charge in [0.15, 0.2) is 0 Å². The van der Waals surface area contributed by atoms with Gasteiger partial charge < -0.3 is 0 Å². The zero-order valence-electron chi connectivity index (χ0n) is 10.3. The van der Waals surface area contributed by atoms with Gasteiger partial charge >= 0.3 is 0 Å². The molecule has 1 N–H and O–H groups in total. The van der Waals surface area contributed by atoms with Crippen molar-refractivity contribution in [3.05, 3.63) is 36.8 Å². The number of sulfonamides is 1. The fourth-order valence-corrected chi connectivity index (χ4v) is 2.70. The minimum absolute atomic E-state index is 0.292. The zero-order valence-corrected chi connectivity index (χ0v) is 11.1. The molecule has 0 aromatic heterocycles. The van der Waals surface area contributed by atoms with Crippen LogP contribution in [0.3, 0.4) is 0 Å². The molecule has 0 atom stereocenters. The summed E-state index contributed by atoms with van der Waals surface area (Å²) in [4.78, 5) is 0.292. The van der Waals surface area contributed by atoms with Gasteiger partial charge in [0.2, 0.25) is 10.0 Å². The average molecular weight is 254 g/mol. The third kappa shape index (κ3) is 4.88. The second kappa shape index (κ2) is 6.77. The SMILES string of the molecule is [CH2]c1cccc(S(=O)(=O)NCCCCCC)c1. The van der Waals surface area contributed by atoms with E-state index < -0.39 is 10.0 Å². The third-order valence-electron chi connectivity index (χ3n) is 2.53. The Morgan fingerprint density at radius 1 is 1.24 bits per heavy atom. The molecular weight excluding hydrogens is 234 g/mol. The van der Waals surface area contributed by atoms with Crippen LogP contribution in [0, 0.1) is 6.92 Å². The predicted octanol–water partition coefficient (Wildman–Crippen LogP) is 2.73. The molecule has 0 aliphatic heterocycles. The minimum atomic E-state index is -3.36. The molecule has 17 heavy (non-hydrogen) atoms. The molecule has 1 aromatic carbocycles. The molecule has 4 heteroatoms. The Labute approximate surface area is 104 Å². The smallest absolute Gasteiger partial charge is 0.211 e. The lowest BCUT2D eigenvalue weighted by Crippen LogP contribution is -2.24. The van der Waals surface area contributed by atoms with Gasteiger partial charge in [-0.15, -0.1) is 0 Å². The van der Waals surface area contributed by atoms with Gasteiger partial charge in [0.05, 0.1) is 4.90 Å². The van der Waals surface area contributed by atoms with Crippen molar-refractivity contribution in [3.8, 4) is 0 Å². The van der Waals surface area contributed by atoms with E-state index in [4.69, 9.17) is 0 Å². The fraction of sp³-hybridized carbons (Fsp3) is 0.462. The van der Waals surface area contributed by atoms with Gasteiger partial charge in [0, 0.05) is 6.54 Å². The van der Waals surface area contributed by atoms with Crippen molar-refractivity contribution in [1.82, 2.24) is 4.72 Å². The molecule has 0 saturated carbocycles. The molecule has 95 valence electrons. The Hall–Kier alpha value is -0.870. The summed E-state index contributed by atoms with van der Waals surface area (Å²) >= 11 is 0. The molecule has 0 amide bonds. The number of nitrogens with one attached hydrogen (secondary N) is 1. The van der Waals surface area contributed by atoms with Crippen molar-refractivity contribution in [2.45, 2.75) is 37.5 Å². The summed E-state index contributed by atoms with van der Waals surface area (Å²) in [7, 11) is -3.36. The van der Waals surface area contributed by atoms with Crippen LogP contribution in [0.15, 0.2) is 29.2 Å². The molecule has 3 nitrogen and oxygen atoms in total. The maximum absolute atomic E-state index is 11.9. The van der Waals surface area contributed by atoms with E-state index in [9.17, 15) is 8.42 Å². The van der Waals surface area contributed by atoms with Crippen LogP contribution in [0.1, 0.15) is 38.2 Å². The van der Waals surface area contributed by atoms with Gasteiger partial charge in [-0.1, -0.05) is 38.3 Å². The highest BCUT2D eigenvalue weighted by molar-refractivity contribution is 7.89. The van der Waals surface area contributed by atoms with Crippen LogP contribution in [-0.4, -0.2) is 15.0 Å². The first-order valence-electron chi connectivity index (χ1n) is 5.98. The monoisotopic (exact) mass is 254 g/mol. The predicted molar refractivity (Wildman–Crippen MR) is 70.2 cm³/mol. The van der Waals surface area contributed by atoms with Crippen LogP contribution < -0.4 is 4.72 Å². The lowest BCUT2D eigenvalue weighted by molar-refractivity contribution is 0.573. The first-order valence-corrected chi connectivity index (χ1v) is 7.46. The van der Waals surface area contributed by atoms with Crippen molar-refractivity contribution in [2.24, 2.45) is 0 Å². The third-order valence-corrected chi connectivity index (χ3v) is 3.99. The van der Waals surface area contributed by atoms with Gasteiger partial charge in [0.25, 0.3) is 0 Å². The van der Waals surface area contributed by atoms with Crippen molar-refractivity contribution in [1.29, 1.82) is 0 Å². The summed E-state index contributed by atoms with van der Waals surface area (Å²) in [6, 6.07) is 6.64. The summed E-state index contributed by atoms with van der Waals surface area (Å²) in [5.74, 6) is 0. The average Bonchev–Trinajstić information content (AvgIpc) is 2.29. The molecule has 0 spiro atoms. The second-order valence-corrected chi connectivity index (χ2v) is 5.87. The Balaban J connectivity index is 2.51. The number of rotatable bonds is 7. The molecule has 1 aromatic rings. The fourth-order valence-electron chi connectivity index (χ4n) is 1.55. The van der Waals surface area contributed by atoms with Crippen LogP contribution in [0.25, 0.3) is 0 Å². The molecule has 0 heterocycles. The van der Waals surface area contributed by atoms with E-state index in [1.165, 1.54) is 0 Å². The van der Waals surface area contributed by atoms with E-state index >= 15 is 0 Å². The Bertz CT molecular complexity index is 440. The van der Waals surface area contributed by atoms with Crippen LogP contribution in [0.5, 0.6) is 0 Å². The van der Waals surface area contributed by atoms with Gasteiger partial charge in [-0.05, 0) is 31.0 Å². The largest absolute Gasteiger partial charge is 0.240 e. The van der Waals surface area contributed by atoms with E-state index in [-0.39, 0.29) is 0 Å². The maximum atomic E-state index is 11.9. The van der Waals surface area contributed by atoms with E-state index in [2.05, 4.69) is 18.6 Å². The first-order chi connectivity index (χ1) is 8.06. The highest BCUT2D eigenvalue weighted by Crippen LogP contribution is 2.10. The Morgan fingerprint density at radius 2 is 2.00 bits per heavy atom. The summed E-state index contributed by atoms with van der Waals surface area (Å²) in [6.45, 7) is 6.36. The summed E-state index contributed by atoms with van der Waals surface area (Å²) < 4.78 is 26.4. The van der Waals surface area contributed by atoms with Crippen LogP contribution in [0.4, 0.5) is 0 Å². The molecular formula is C13H20NO2S. The number of benzene rings is 1. The van der Waals surface area contributed by atoms with Crippen molar-refractivity contribution >= 4 is 10.0 Å². The van der Waals surface area contributed by atoms with Gasteiger partial charge in [-0.3, -0.25) is 0 Å². The van der Waals surface area contributed by atoms with Gasteiger partial charge in [0.1, 0.15) is 0 Å². The van der Waals surface area contributed by atoms with Crippen LogP contribution in [0.2, 0.25) is 0 Å². The Kier molecular flexibility index (Phi) is 5.65. The molecule has 0 aliphatic carbocycles. The highest BCUT2D eigenvalue weighted by atomic mass is 32.2. The van der Waals surface area contributed by atoms with Gasteiger partial charge in [-0.25, -0.2) is 13.1 Å². The molecule has 0 fully saturated rings. The summed E-state index contributed by atoms with van der Waals surface area (Å²) in [6.07, 6.45) is 4.25. The molecule has 0 aliphatic rings. The van der Waals surface area contributed by atoms with E-state index in [0.717, 1.165) is 25.7 Å². The number of hydrogen-bond acceptors (Lipinski definition) is 2. The lowest BCUT2D eigenvalue weighted by Gasteiger charge is -2.07. The van der Waals surface area contributed by atoms with Crippen molar-refractivity contribution in [2.75, 3.05) is 6.54 Å². The van der Waals surface area contributed by atoms with E-state index in [1.54, 1.807) is 24.3 Å². The van der Waals surface area contributed by atoms with Crippen LogP contribution in [-0.2, 0) is 10.0 Å².